The van der Waals surface area contributed by atoms with E-state index in [4.69, 9.17) is 4.98 Å². The first-order valence-corrected chi connectivity index (χ1v) is 9.68. The molecule has 4 nitrogen and oxygen atoms in total. The number of fused-ring (bicyclic) bond motifs is 1. The average Bonchev–Trinajstić information content (AvgIpc) is 3.35. The summed E-state index contributed by atoms with van der Waals surface area (Å²) in [4.78, 5) is 9.41. The second kappa shape index (κ2) is 8.02. The third-order valence-electron chi connectivity index (χ3n) is 5.29. The second-order valence-corrected chi connectivity index (χ2v) is 7.40. The fraction of sp³-hybridized carbons (Fsp3) is 0.120. The minimum Gasteiger partial charge on any atom is -0.339 e. The van der Waals surface area contributed by atoms with E-state index in [0.29, 0.717) is 0 Å². The van der Waals surface area contributed by atoms with Crippen LogP contribution in [0.3, 0.4) is 0 Å². The zero-order valence-electron chi connectivity index (χ0n) is 17.1. The number of hydrogen-bond acceptors (Lipinski definition) is 2. The number of aryl methyl sites for hydroxylation is 3. The van der Waals surface area contributed by atoms with Crippen molar-refractivity contribution in [1.29, 1.82) is 0 Å². The molecule has 151 valence electrons. The molecule has 5 heteroatoms. The molecule has 0 amide bonds. The molecular formula is C25H21IrN4-. The van der Waals surface area contributed by atoms with Crippen molar-refractivity contribution < 1.29 is 20.1 Å². The Balaban J connectivity index is 0.00000218. The van der Waals surface area contributed by atoms with Crippen molar-refractivity contribution in [3.05, 3.63) is 96.1 Å². The molecule has 0 saturated carbocycles. The third kappa shape index (κ3) is 3.30. The van der Waals surface area contributed by atoms with Crippen molar-refractivity contribution >= 4 is 11.0 Å². The van der Waals surface area contributed by atoms with Gasteiger partial charge in [0.05, 0.1) is 12.2 Å². The zero-order chi connectivity index (χ0) is 20.0. The van der Waals surface area contributed by atoms with Crippen LogP contribution >= 0.6 is 0 Å². The normalized spacial score (nSPS) is 10.9. The Morgan fingerprint density at radius 3 is 2.33 bits per heavy atom. The first-order chi connectivity index (χ1) is 14.1. The molecule has 0 atom stereocenters. The topological polar surface area (TPSA) is 35.6 Å². The summed E-state index contributed by atoms with van der Waals surface area (Å²) in [5, 5.41) is 0. The molecule has 2 aromatic heterocycles. The molecule has 5 rings (SSSR count). The van der Waals surface area contributed by atoms with E-state index in [9.17, 15) is 0 Å². The zero-order valence-corrected chi connectivity index (χ0v) is 19.4. The number of aromatic nitrogens is 4. The van der Waals surface area contributed by atoms with Gasteiger partial charge in [-0.3, -0.25) is 9.97 Å². The number of nitrogens with zero attached hydrogens (tertiary/aromatic N) is 4. The standard InChI is InChI=1S/C25H21N4.Ir/c1-17-14-18(2)24(19(3)15-17)28-13-12-26-25(28)21-10-7-11-22-23(21)27-16-29(22)20-8-5-4-6-9-20;/h4-9,11-16H,1-3H3;/q-1;. The number of para-hydroxylation sites is 1. The summed E-state index contributed by atoms with van der Waals surface area (Å²) in [6.07, 6.45) is 5.72. The van der Waals surface area contributed by atoms with Gasteiger partial charge in [0.25, 0.3) is 0 Å². The van der Waals surface area contributed by atoms with Crippen molar-refractivity contribution in [2.45, 2.75) is 20.8 Å². The molecule has 0 aliphatic heterocycles. The molecule has 0 bridgehead atoms. The summed E-state index contributed by atoms with van der Waals surface area (Å²) >= 11 is 0. The molecule has 0 spiro atoms. The Bertz CT molecular complexity index is 1310. The van der Waals surface area contributed by atoms with Crippen molar-refractivity contribution in [2.75, 3.05) is 0 Å². The second-order valence-electron chi connectivity index (χ2n) is 7.40. The summed E-state index contributed by atoms with van der Waals surface area (Å²) in [6.45, 7) is 6.42. The quantitative estimate of drug-likeness (QED) is 0.265. The fourth-order valence-corrected chi connectivity index (χ4v) is 4.17. The summed E-state index contributed by atoms with van der Waals surface area (Å²) in [7, 11) is 0. The van der Waals surface area contributed by atoms with E-state index in [1.165, 1.54) is 16.7 Å². The van der Waals surface area contributed by atoms with Crippen LogP contribution in [-0.4, -0.2) is 19.1 Å². The van der Waals surface area contributed by atoms with Crippen molar-refractivity contribution in [3.63, 3.8) is 0 Å². The maximum atomic E-state index is 4.72. The van der Waals surface area contributed by atoms with Gasteiger partial charge in [-0.15, -0.1) is 18.2 Å². The van der Waals surface area contributed by atoms with Crippen LogP contribution in [0.5, 0.6) is 0 Å². The van der Waals surface area contributed by atoms with Crippen LogP contribution in [0.25, 0.3) is 33.8 Å². The number of imidazole rings is 2. The Labute approximate surface area is 189 Å². The molecule has 1 radical (unpaired) electrons. The first-order valence-electron chi connectivity index (χ1n) is 9.68. The van der Waals surface area contributed by atoms with Crippen LogP contribution in [0.15, 0.2) is 73.3 Å². The number of benzene rings is 3. The van der Waals surface area contributed by atoms with Crippen LogP contribution < -0.4 is 0 Å². The van der Waals surface area contributed by atoms with Gasteiger partial charge in [-0.25, -0.2) is 0 Å². The fourth-order valence-electron chi connectivity index (χ4n) is 4.17. The van der Waals surface area contributed by atoms with Gasteiger partial charge in [0.2, 0.25) is 0 Å². The van der Waals surface area contributed by atoms with Gasteiger partial charge in [0, 0.05) is 49.4 Å². The summed E-state index contributed by atoms with van der Waals surface area (Å²) in [5.74, 6) is 0.851. The SMILES string of the molecule is Cc1cc(C)c(-n2ccnc2-c2[c-]ccc3c2ncn3-c2ccccc2)c(C)c1.[Ir]. The van der Waals surface area contributed by atoms with Gasteiger partial charge in [0.1, 0.15) is 0 Å². The van der Waals surface area contributed by atoms with E-state index in [1.54, 1.807) is 0 Å². The molecule has 2 heterocycles. The largest absolute Gasteiger partial charge is 0.339 e. The van der Waals surface area contributed by atoms with Gasteiger partial charge in [-0.05, 0) is 49.5 Å². The molecule has 0 fully saturated rings. The van der Waals surface area contributed by atoms with Gasteiger partial charge in [-0.2, -0.15) is 0 Å². The summed E-state index contributed by atoms with van der Waals surface area (Å²) in [5.41, 5.74) is 8.80. The van der Waals surface area contributed by atoms with E-state index < -0.39 is 0 Å². The molecule has 0 N–H and O–H groups in total. The van der Waals surface area contributed by atoms with Gasteiger partial charge in [-0.1, -0.05) is 41.5 Å². The van der Waals surface area contributed by atoms with Crippen LogP contribution in [0.2, 0.25) is 0 Å². The van der Waals surface area contributed by atoms with E-state index in [2.05, 4.69) is 71.3 Å². The monoisotopic (exact) mass is 570 g/mol. The van der Waals surface area contributed by atoms with Crippen molar-refractivity contribution in [3.8, 4) is 22.8 Å². The van der Waals surface area contributed by atoms with Crippen LogP contribution in [0.4, 0.5) is 0 Å². The molecule has 0 saturated heterocycles. The smallest absolute Gasteiger partial charge is 0.0881 e. The van der Waals surface area contributed by atoms with Gasteiger partial charge in [0.15, 0.2) is 0 Å². The minimum atomic E-state index is 0. The predicted octanol–water partition coefficient (Wildman–Crippen LogP) is 5.60. The molecule has 0 aliphatic carbocycles. The molecule has 3 aromatic carbocycles. The molecule has 0 aliphatic rings. The Morgan fingerprint density at radius 1 is 0.867 bits per heavy atom. The first kappa shape index (κ1) is 20.3. The van der Waals surface area contributed by atoms with Crippen LogP contribution in [-0.2, 0) is 20.1 Å². The minimum absolute atomic E-state index is 0. The van der Waals surface area contributed by atoms with Crippen LogP contribution in [0, 0.1) is 26.8 Å². The molecule has 0 unspecified atom stereocenters. The van der Waals surface area contributed by atoms with Gasteiger partial charge < -0.3 is 9.13 Å². The predicted molar refractivity (Wildman–Crippen MR) is 117 cm³/mol. The van der Waals surface area contributed by atoms with Crippen LogP contribution in [0.1, 0.15) is 16.7 Å². The molecule has 30 heavy (non-hydrogen) atoms. The van der Waals surface area contributed by atoms with E-state index >= 15 is 0 Å². The molecule has 5 aromatic rings. The molecular weight excluding hydrogens is 549 g/mol. The maximum absolute atomic E-state index is 4.72. The van der Waals surface area contributed by atoms with E-state index in [0.717, 1.165) is 33.8 Å². The number of rotatable bonds is 3. The Morgan fingerprint density at radius 2 is 1.60 bits per heavy atom. The van der Waals surface area contributed by atoms with E-state index in [1.807, 2.05) is 43.0 Å². The number of hydrogen-bond donors (Lipinski definition) is 0. The van der Waals surface area contributed by atoms with E-state index in [-0.39, 0.29) is 20.1 Å². The Hall–Kier alpha value is -3.01. The third-order valence-corrected chi connectivity index (χ3v) is 5.29. The maximum Gasteiger partial charge on any atom is 0.0881 e. The average molecular weight is 570 g/mol. The van der Waals surface area contributed by atoms with Gasteiger partial charge >= 0.3 is 0 Å². The summed E-state index contributed by atoms with van der Waals surface area (Å²) < 4.78 is 4.25. The Kier molecular flexibility index (Phi) is 5.42. The van der Waals surface area contributed by atoms with Crippen molar-refractivity contribution in [1.82, 2.24) is 19.1 Å². The summed E-state index contributed by atoms with van der Waals surface area (Å²) in [6, 6.07) is 22.0. The van der Waals surface area contributed by atoms with Crippen molar-refractivity contribution in [2.24, 2.45) is 0 Å².